The molecule has 0 unspecified atom stereocenters. The van der Waals surface area contributed by atoms with Crippen LogP contribution in [0.4, 0.5) is 10.5 Å². The molecule has 0 radical (unpaired) electrons. The van der Waals surface area contributed by atoms with Crippen molar-refractivity contribution >= 4 is 34.7 Å². The molecule has 3 aromatic rings. The molecule has 5 nitrogen and oxygen atoms in total. The van der Waals surface area contributed by atoms with Gasteiger partial charge in [0.15, 0.2) is 11.5 Å². The molecule has 1 aliphatic heterocycles. The Labute approximate surface area is 203 Å². The standard InChI is InChI=1S/C28H25NO4S/c1-3-11-22-16-21(17-24(32-4-2)26(22)33-19-20-12-7-5-8-13-20)18-25-27(30)29(28(31)34-25)23-14-9-6-10-15-23/h3,5-10,12-18H,1,4,11,19H2,2H3/b25-18-. The molecular formula is C28H25NO4S. The van der Waals surface area contributed by atoms with E-state index in [1.807, 2.05) is 55.5 Å². The summed E-state index contributed by atoms with van der Waals surface area (Å²) in [6.45, 7) is 6.64. The number of imide groups is 1. The van der Waals surface area contributed by atoms with Crippen molar-refractivity contribution in [3.8, 4) is 11.5 Å². The molecule has 1 saturated heterocycles. The normalized spacial score (nSPS) is 14.5. The summed E-state index contributed by atoms with van der Waals surface area (Å²) in [4.78, 5) is 27.1. The summed E-state index contributed by atoms with van der Waals surface area (Å²) in [5.41, 5.74) is 3.25. The van der Waals surface area contributed by atoms with Crippen molar-refractivity contribution in [3.63, 3.8) is 0 Å². The van der Waals surface area contributed by atoms with E-state index in [4.69, 9.17) is 9.47 Å². The Hall–Kier alpha value is -3.77. The Morgan fingerprint density at radius 3 is 2.35 bits per heavy atom. The van der Waals surface area contributed by atoms with Gasteiger partial charge >= 0.3 is 0 Å². The zero-order chi connectivity index (χ0) is 23.9. The number of carbonyl (C=O) groups excluding carboxylic acids is 2. The van der Waals surface area contributed by atoms with Gasteiger partial charge in [0.1, 0.15) is 6.61 Å². The van der Waals surface area contributed by atoms with E-state index in [9.17, 15) is 9.59 Å². The van der Waals surface area contributed by atoms with E-state index in [1.165, 1.54) is 4.90 Å². The van der Waals surface area contributed by atoms with Crippen LogP contribution >= 0.6 is 11.8 Å². The molecule has 0 N–H and O–H groups in total. The first-order valence-electron chi connectivity index (χ1n) is 11.0. The van der Waals surface area contributed by atoms with Crippen LogP contribution < -0.4 is 14.4 Å². The second-order valence-electron chi connectivity index (χ2n) is 7.56. The summed E-state index contributed by atoms with van der Waals surface area (Å²) < 4.78 is 12.1. The molecule has 0 aromatic heterocycles. The highest BCUT2D eigenvalue weighted by Crippen LogP contribution is 2.39. The van der Waals surface area contributed by atoms with E-state index >= 15 is 0 Å². The Bertz CT molecular complexity index is 1220. The summed E-state index contributed by atoms with van der Waals surface area (Å²) in [5, 5.41) is -0.318. The van der Waals surface area contributed by atoms with Crippen molar-refractivity contribution in [2.24, 2.45) is 0 Å². The summed E-state index contributed by atoms with van der Waals surface area (Å²) in [6, 6.07) is 22.6. The van der Waals surface area contributed by atoms with Gasteiger partial charge in [-0.3, -0.25) is 9.59 Å². The Kier molecular flexibility index (Phi) is 7.50. The number of carbonyl (C=O) groups is 2. The summed E-state index contributed by atoms with van der Waals surface area (Å²) in [5.74, 6) is 0.903. The van der Waals surface area contributed by atoms with E-state index in [0.717, 1.165) is 28.5 Å². The van der Waals surface area contributed by atoms with Crippen LogP contribution in [0.3, 0.4) is 0 Å². The second-order valence-corrected chi connectivity index (χ2v) is 8.55. The van der Waals surface area contributed by atoms with Crippen molar-refractivity contribution in [1.82, 2.24) is 0 Å². The molecule has 1 aliphatic rings. The van der Waals surface area contributed by atoms with Crippen LogP contribution in [0.25, 0.3) is 6.08 Å². The maximum absolute atomic E-state index is 13.0. The van der Waals surface area contributed by atoms with Gasteiger partial charge in [0.2, 0.25) is 0 Å². The third-order valence-corrected chi connectivity index (χ3v) is 6.02. The number of hydrogen-bond donors (Lipinski definition) is 0. The smallest absolute Gasteiger partial charge is 0.298 e. The molecule has 1 fully saturated rings. The number of ether oxygens (including phenoxy) is 2. The fraction of sp³-hybridized carbons (Fsp3) is 0.143. The minimum atomic E-state index is -0.339. The zero-order valence-electron chi connectivity index (χ0n) is 18.9. The lowest BCUT2D eigenvalue weighted by Crippen LogP contribution is -2.27. The number of benzene rings is 3. The molecule has 1 heterocycles. The number of thioether (sulfide) groups is 1. The Balaban J connectivity index is 1.66. The molecular weight excluding hydrogens is 446 g/mol. The Morgan fingerprint density at radius 2 is 1.68 bits per heavy atom. The molecule has 0 atom stereocenters. The third-order valence-electron chi connectivity index (χ3n) is 5.15. The van der Waals surface area contributed by atoms with Crippen molar-refractivity contribution in [1.29, 1.82) is 0 Å². The molecule has 0 aliphatic carbocycles. The second kappa shape index (κ2) is 10.9. The van der Waals surface area contributed by atoms with Crippen LogP contribution in [0.5, 0.6) is 11.5 Å². The van der Waals surface area contributed by atoms with Gasteiger partial charge in [-0.2, -0.15) is 0 Å². The predicted octanol–water partition coefficient (Wildman–Crippen LogP) is 6.63. The molecule has 0 saturated carbocycles. The van der Waals surface area contributed by atoms with E-state index in [-0.39, 0.29) is 11.1 Å². The number of amides is 2. The molecule has 0 spiro atoms. The van der Waals surface area contributed by atoms with Crippen molar-refractivity contribution < 1.29 is 19.1 Å². The van der Waals surface area contributed by atoms with Gasteiger partial charge in [0.05, 0.1) is 17.2 Å². The van der Waals surface area contributed by atoms with Gasteiger partial charge in [0.25, 0.3) is 11.1 Å². The van der Waals surface area contributed by atoms with Crippen LogP contribution in [-0.4, -0.2) is 17.8 Å². The average molecular weight is 472 g/mol. The van der Waals surface area contributed by atoms with E-state index in [0.29, 0.717) is 41.7 Å². The third kappa shape index (κ3) is 5.24. The van der Waals surface area contributed by atoms with Crippen LogP contribution in [0, 0.1) is 0 Å². The number of allylic oxidation sites excluding steroid dienone is 1. The molecule has 172 valence electrons. The first-order valence-corrected chi connectivity index (χ1v) is 11.8. The minimum absolute atomic E-state index is 0.318. The van der Waals surface area contributed by atoms with Crippen LogP contribution in [-0.2, 0) is 17.8 Å². The summed E-state index contributed by atoms with van der Waals surface area (Å²) in [6.07, 6.45) is 4.09. The van der Waals surface area contributed by atoms with Crippen molar-refractivity contribution in [2.45, 2.75) is 20.0 Å². The Morgan fingerprint density at radius 1 is 0.971 bits per heavy atom. The fourth-order valence-electron chi connectivity index (χ4n) is 3.65. The minimum Gasteiger partial charge on any atom is -0.490 e. The summed E-state index contributed by atoms with van der Waals surface area (Å²) in [7, 11) is 0. The molecule has 3 aromatic carbocycles. The van der Waals surface area contributed by atoms with Crippen molar-refractivity contribution in [2.75, 3.05) is 11.5 Å². The lowest BCUT2D eigenvalue weighted by atomic mass is 10.0. The zero-order valence-corrected chi connectivity index (χ0v) is 19.7. The van der Waals surface area contributed by atoms with E-state index in [2.05, 4.69) is 6.58 Å². The number of anilines is 1. The number of para-hydroxylation sites is 1. The topological polar surface area (TPSA) is 55.8 Å². The van der Waals surface area contributed by atoms with Gasteiger partial charge in [-0.05, 0) is 66.6 Å². The van der Waals surface area contributed by atoms with Gasteiger partial charge in [0, 0.05) is 5.56 Å². The first kappa shape index (κ1) is 23.4. The van der Waals surface area contributed by atoms with Crippen LogP contribution in [0.2, 0.25) is 0 Å². The predicted molar refractivity (Wildman–Crippen MR) is 137 cm³/mol. The first-order chi connectivity index (χ1) is 16.6. The number of nitrogens with zero attached hydrogens (tertiary/aromatic N) is 1. The quantitative estimate of drug-likeness (QED) is 0.259. The highest BCUT2D eigenvalue weighted by atomic mass is 32.2. The lowest BCUT2D eigenvalue weighted by molar-refractivity contribution is -0.113. The molecule has 34 heavy (non-hydrogen) atoms. The molecule has 6 heteroatoms. The van der Waals surface area contributed by atoms with E-state index < -0.39 is 0 Å². The molecule has 2 amide bonds. The number of rotatable bonds is 9. The lowest BCUT2D eigenvalue weighted by Gasteiger charge is -2.17. The SMILES string of the molecule is C=CCc1cc(/C=C2\SC(=O)N(c3ccccc3)C2=O)cc(OCC)c1OCc1ccccc1. The molecule has 0 bridgehead atoms. The highest BCUT2D eigenvalue weighted by molar-refractivity contribution is 8.19. The van der Waals surface area contributed by atoms with Crippen LogP contribution in [0.1, 0.15) is 23.6 Å². The van der Waals surface area contributed by atoms with Gasteiger partial charge in [-0.15, -0.1) is 6.58 Å². The largest absolute Gasteiger partial charge is 0.490 e. The number of hydrogen-bond acceptors (Lipinski definition) is 5. The van der Waals surface area contributed by atoms with Gasteiger partial charge in [-0.1, -0.05) is 54.6 Å². The van der Waals surface area contributed by atoms with E-state index in [1.54, 1.807) is 36.4 Å². The monoisotopic (exact) mass is 471 g/mol. The van der Waals surface area contributed by atoms with Gasteiger partial charge < -0.3 is 9.47 Å². The van der Waals surface area contributed by atoms with Gasteiger partial charge in [-0.25, -0.2) is 4.90 Å². The summed E-state index contributed by atoms with van der Waals surface area (Å²) >= 11 is 0.928. The average Bonchev–Trinajstić information content (AvgIpc) is 3.12. The maximum Gasteiger partial charge on any atom is 0.298 e. The highest BCUT2D eigenvalue weighted by Gasteiger charge is 2.36. The van der Waals surface area contributed by atoms with Crippen molar-refractivity contribution in [3.05, 3.63) is 107 Å². The van der Waals surface area contributed by atoms with Crippen LogP contribution in [0.15, 0.2) is 90.4 Å². The maximum atomic E-state index is 13.0. The molecule has 4 rings (SSSR count). The fourth-order valence-corrected chi connectivity index (χ4v) is 4.49.